The highest BCUT2D eigenvalue weighted by atomic mass is 16.1. The first-order valence-electron chi connectivity index (χ1n) is 4.35. The standard InChI is InChI=1S/C8H12N4O/c1-11-3-2-8(5-11)12-4-7(6-13)9-10-12/h4,6,8H,2-3,5H2,1H3/t8-/m0/s1. The van der Waals surface area contributed by atoms with Crippen LogP contribution in [0.5, 0.6) is 0 Å². The summed E-state index contributed by atoms with van der Waals surface area (Å²) in [5.74, 6) is 0. The second kappa shape index (κ2) is 3.26. The molecule has 1 aliphatic rings. The molecule has 0 amide bonds. The normalized spacial score (nSPS) is 23.6. The van der Waals surface area contributed by atoms with Gasteiger partial charge in [0, 0.05) is 6.54 Å². The van der Waals surface area contributed by atoms with Gasteiger partial charge in [-0.05, 0) is 20.0 Å². The summed E-state index contributed by atoms with van der Waals surface area (Å²) in [6, 6.07) is 0.381. The molecule has 0 N–H and O–H groups in total. The van der Waals surface area contributed by atoms with Crippen LogP contribution in [-0.2, 0) is 0 Å². The maximum atomic E-state index is 10.4. The van der Waals surface area contributed by atoms with Crippen molar-refractivity contribution in [3.8, 4) is 0 Å². The third kappa shape index (κ3) is 1.60. The fourth-order valence-corrected chi connectivity index (χ4v) is 1.65. The summed E-state index contributed by atoms with van der Waals surface area (Å²) in [5.41, 5.74) is 0.412. The van der Waals surface area contributed by atoms with Gasteiger partial charge in [-0.25, -0.2) is 4.68 Å². The van der Waals surface area contributed by atoms with Gasteiger partial charge in [0.15, 0.2) is 6.29 Å². The third-order valence-electron chi connectivity index (χ3n) is 2.39. The number of likely N-dealkylation sites (tertiary alicyclic amines) is 1. The second-order valence-corrected chi connectivity index (χ2v) is 3.45. The molecule has 0 spiro atoms. The molecule has 1 atom stereocenters. The van der Waals surface area contributed by atoms with E-state index in [1.54, 1.807) is 10.9 Å². The van der Waals surface area contributed by atoms with Gasteiger partial charge in [0.1, 0.15) is 5.69 Å². The first-order valence-corrected chi connectivity index (χ1v) is 4.35. The number of aldehydes is 1. The lowest BCUT2D eigenvalue weighted by atomic mass is 10.3. The van der Waals surface area contributed by atoms with Gasteiger partial charge in [-0.2, -0.15) is 0 Å². The zero-order chi connectivity index (χ0) is 9.26. The van der Waals surface area contributed by atoms with Gasteiger partial charge in [-0.15, -0.1) is 5.10 Å². The monoisotopic (exact) mass is 180 g/mol. The summed E-state index contributed by atoms with van der Waals surface area (Å²) in [6.45, 7) is 2.07. The minimum absolute atomic E-state index is 0.381. The van der Waals surface area contributed by atoms with Crippen molar-refractivity contribution >= 4 is 6.29 Å². The van der Waals surface area contributed by atoms with Crippen molar-refractivity contribution in [1.29, 1.82) is 0 Å². The first kappa shape index (κ1) is 8.37. The number of hydrogen-bond acceptors (Lipinski definition) is 4. The van der Waals surface area contributed by atoms with E-state index in [2.05, 4.69) is 22.3 Å². The zero-order valence-electron chi connectivity index (χ0n) is 7.55. The van der Waals surface area contributed by atoms with Crippen LogP contribution in [0.1, 0.15) is 23.0 Å². The largest absolute Gasteiger partial charge is 0.304 e. The summed E-state index contributed by atoms with van der Waals surface area (Å²) >= 11 is 0. The quantitative estimate of drug-likeness (QED) is 0.599. The number of carbonyl (C=O) groups is 1. The van der Waals surface area contributed by atoms with Crippen molar-refractivity contribution in [2.45, 2.75) is 12.5 Å². The molecule has 1 aromatic heterocycles. The van der Waals surface area contributed by atoms with Crippen LogP contribution in [0, 0.1) is 0 Å². The molecule has 70 valence electrons. The Morgan fingerprint density at radius 3 is 3.08 bits per heavy atom. The molecule has 1 fully saturated rings. The van der Waals surface area contributed by atoms with E-state index >= 15 is 0 Å². The van der Waals surface area contributed by atoms with Gasteiger partial charge in [0.2, 0.25) is 0 Å². The average molecular weight is 180 g/mol. The highest BCUT2D eigenvalue weighted by Crippen LogP contribution is 2.18. The van der Waals surface area contributed by atoms with E-state index in [0.717, 1.165) is 25.8 Å². The SMILES string of the molecule is CN1CC[C@H](n2cc(C=O)nn2)C1. The van der Waals surface area contributed by atoms with Gasteiger partial charge in [-0.3, -0.25) is 4.79 Å². The van der Waals surface area contributed by atoms with E-state index in [1.165, 1.54) is 0 Å². The Morgan fingerprint density at radius 2 is 2.54 bits per heavy atom. The Hall–Kier alpha value is -1.23. The Labute approximate surface area is 76.3 Å². The zero-order valence-corrected chi connectivity index (χ0v) is 7.55. The van der Waals surface area contributed by atoms with Gasteiger partial charge < -0.3 is 4.90 Å². The molecule has 2 rings (SSSR count). The highest BCUT2D eigenvalue weighted by Gasteiger charge is 2.21. The number of hydrogen-bond donors (Lipinski definition) is 0. The molecule has 0 aliphatic carbocycles. The van der Waals surface area contributed by atoms with E-state index < -0.39 is 0 Å². The molecule has 0 aromatic carbocycles. The van der Waals surface area contributed by atoms with Crippen LogP contribution in [0.3, 0.4) is 0 Å². The average Bonchev–Trinajstić information content (AvgIpc) is 2.71. The van der Waals surface area contributed by atoms with Gasteiger partial charge >= 0.3 is 0 Å². The smallest absolute Gasteiger partial charge is 0.171 e. The Balaban J connectivity index is 2.12. The molecule has 0 saturated carbocycles. The number of carbonyl (C=O) groups excluding carboxylic acids is 1. The molecule has 0 unspecified atom stereocenters. The minimum Gasteiger partial charge on any atom is -0.304 e. The molecule has 1 saturated heterocycles. The fourth-order valence-electron chi connectivity index (χ4n) is 1.65. The molecule has 13 heavy (non-hydrogen) atoms. The number of aromatic nitrogens is 3. The molecular weight excluding hydrogens is 168 g/mol. The molecule has 1 aliphatic heterocycles. The number of nitrogens with zero attached hydrogens (tertiary/aromatic N) is 4. The van der Waals surface area contributed by atoms with Gasteiger partial charge in [-0.1, -0.05) is 5.21 Å². The maximum Gasteiger partial charge on any atom is 0.171 e. The van der Waals surface area contributed by atoms with Crippen LogP contribution in [0.25, 0.3) is 0 Å². The van der Waals surface area contributed by atoms with Crippen molar-refractivity contribution < 1.29 is 4.79 Å². The molecule has 0 radical (unpaired) electrons. The van der Waals surface area contributed by atoms with E-state index in [0.29, 0.717) is 11.7 Å². The molecule has 5 heteroatoms. The third-order valence-corrected chi connectivity index (χ3v) is 2.39. The van der Waals surface area contributed by atoms with Crippen LogP contribution < -0.4 is 0 Å². The number of likely N-dealkylation sites (N-methyl/N-ethyl adjacent to an activating group) is 1. The van der Waals surface area contributed by atoms with Crippen molar-refractivity contribution in [2.75, 3.05) is 20.1 Å². The highest BCUT2D eigenvalue weighted by molar-refractivity contribution is 5.70. The number of rotatable bonds is 2. The molecular formula is C8H12N4O. The lowest BCUT2D eigenvalue weighted by Gasteiger charge is -2.09. The Morgan fingerprint density at radius 1 is 1.69 bits per heavy atom. The second-order valence-electron chi connectivity index (χ2n) is 3.45. The minimum atomic E-state index is 0.381. The summed E-state index contributed by atoms with van der Waals surface area (Å²) in [5, 5.41) is 7.64. The van der Waals surface area contributed by atoms with Crippen LogP contribution in [0.4, 0.5) is 0 Å². The van der Waals surface area contributed by atoms with Gasteiger partial charge in [0.05, 0.1) is 12.2 Å². The summed E-state index contributed by atoms with van der Waals surface area (Å²) in [4.78, 5) is 12.6. The molecule has 2 heterocycles. The van der Waals surface area contributed by atoms with Crippen LogP contribution in [0.15, 0.2) is 6.20 Å². The van der Waals surface area contributed by atoms with E-state index in [4.69, 9.17) is 0 Å². The van der Waals surface area contributed by atoms with Crippen molar-refractivity contribution in [1.82, 2.24) is 19.9 Å². The fraction of sp³-hybridized carbons (Fsp3) is 0.625. The van der Waals surface area contributed by atoms with Crippen LogP contribution in [0.2, 0.25) is 0 Å². The predicted octanol–water partition coefficient (Wildman–Crippen LogP) is -0.0328. The summed E-state index contributed by atoms with van der Waals surface area (Å²) < 4.78 is 1.78. The van der Waals surface area contributed by atoms with Gasteiger partial charge in [0.25, 0.3) is 0 Å². The molecule has 1 aromatic rings. The molecule has 0 bridgehead atoms. The maximum absolute atomic E-state index is 10.4. The van der Waals surface area contributed by atoms with E-state index in [9.17, 15) is 4.79 Å². The lowest BCUT2D eigenvalue weighted by Crippen LogP contribution is -2.16. The Kier molecular flexibility index (Phi) is 2.10. The topological polar surface area (TPSA) is 51.0 Å². The van der Waals surface area contributed by atoms with Crippen molar-refractivity contribution in [3.63, 3.8) is 0 Å². The van der Waals surface area contributed by atoms with Crippen LogP contribution in [-0.4, -0.2) is 46.3 Å². The summed E-state index contributed by atoms with van der Waals surface area (Å²) in [6.07, 6.45) is 3.51. The van der Waals surface area contributed by atoms with Crippen LogP contribution >= 0.6 is 0 Å². The predicted molar refractivity (Wildman–Crippen MR) is 46.6 cm³/mol. The molecule has 5 nitrogen and oxygen atoms in total. The van der Waals surface area contributed by atoms with Crippen molar-refractivity contribution in [2.24, 2.45) is 0 Å². The van der Waals surface area contributed by atoms with E-state index in [-0.39, 0.29) is 0 Å². The van der Waals surface area contributed by atoms with Crippen molar-refractivity contribution in [3.05, 3.63) is 11.9 Å². The van der Waals surface area contributed by atoms with E-state index in [1.807, 2.05) is 0 Å². The summed E-state index contributed by atoms with van der Waals surface area (Å²) in [7, 11) is 2.08. The Bertz CT molecular complexity index is 309. The first-order chi connectivity index (χ1) is 6.29. The lowest BCUT2D eigenvalue weighted by molar-refractivity contribution is 0.111.